The normalized spacial score (nSPS) is 9.86. The third-order valence-corrected chi connectivity index (χ3v) is 1.24. The predicted octanol–water partition coefficient (Wildman–Crippen LogP) is -2.60. The Morgan fingerprint density at radius 2 is 1.71 bits per heavy atom. The van der Waals surface area contributed by atoms with Crippen LogP contribution in [0.25, 0.3) is 0 Å². The van der Waals surface area contributed by atoms with Crippen molar-refractivity contribution in [1.82, 2.24) is 0 Å². The molecule has 4 nitrogen and oxygen atoms in total. The van der Waals surface area contributed by atoms with E-state index in [1.165, 1.54) is 14.0 Å². The molecule has 0 aliphatic carbocycles. The molecular formula is C9H19O4Rb. The van der Waals surface area contributed by atoms with Crippen LogP contribution < -0.4 is 63.3 Å². The number of carboxylic acids is 1. The molecule has 0 saturated carbocycles. The number of carboxylic acid groups (broad SMARTS) is 1. The molecule has 0 aliphatic heterocycles. The number of carbonyl (C=O) groups is 2. The molecule has 5 heteroatoms. The van der Waals surface area contributed by atoms with E-state index < -0.39 is 12.1 Å². The fourth-order valence-electron chi connectivity index (χ4n) is 0.745. The van der Waals surface area contributed by atoms with Gasteiger partial charge in [0.2, 0.25) is 0 Å². The summed E-state index contributed by atoms with van der Waals surface area (Å²) in [6.45, 7) is 1.39. The van der Waals surface area contributed by atoms with Crippen LogP contribution in [0.15, 0.2) is 0 Å². The minimum Gasteiger partial charge on any atom is -0.550 e. The van der Waals surface area contributed by atoms with Crippen molar-refractivity contribution in [3.05, 3.63) is 0 Å². The van der Waals surface area contributed by atoms with Gasteiger partial charge in [-0.15, -0.1) is 0 Å². The second kappa shape index (κ2) is 13.9. The molecule has 0 rings (SSSR count). The van der Waals surface area contributed by atoms with Crippen LogP contribution >= 0.6 is 0 Å². The number of hydrogen-bond acceptors (Lipinski definition) is 4. The monoisotopic (exact) mass is 276 g/mol. The maximum absolute atomic E-state index is 10.5. The largest absolute Gasteiger partial charge is 1.00 e. The summed E-state index contributed by atoms with van der Waals surface area (Å²) in [5.41, 5.74) is 0. The summed E-state index contributed by atoms with van der Waals surface area (Å²) in [5.74, 6) is -1.28. The smallest absolute Gasteiger partial charge is 0.550 e. The van der Waals surface area contributed by atoms with Gasteiger partial charge in [0, 0.05) is 25.9 Å². The van der Waals surface area contributed by atoms with Gasteiger partial charge >= 0.3 is 58.2 Å². The number of rotatable bonds is 5. The Morgan fingerprint density at radius 1 is 1.29 bits per heavy atom. The molecule has 0 radical (unpaired) electrons. The number of aliphatic carboxylic acids is 1. The van der Waals surface area contributed by atoms with Crippen molar-refractivity contribution < 1.29 is 77.6 Å². The van der Waals surface area contributed by atoms with Crippen LogP contribution in [0.1, 0.15) is 34.6 Å². The van der Waals surface area contributed by atoms with Crippen molar-refractivity contribution in [3.8, 4) is 0 Å². The van der Waals surface area contributed by atoms with E-state index in [-0.39, 0.29) is 91.7 Å². The maximum atomic E-state index is 10.5. The number of carbonyl (C=O) groups excluding carboxylic acids is 2. The molecule has 0 bridgehead atoms. The Hall–Kier alpha value is 0.905. The molecule has 0 aliphatic rings. The molecule has 0 heterocycles. The van der Waals surface area contributed by atoms with Crippen molar-refractivity contribution >= 4 is 11.8 Å². The molecule has 0 N–H and O–H groups in total. The first-order valence-electron chi connectivity index (χ1n) is 3.28. The summed E-state index contributed by atoms with van der Waals surface area (Å²) < 4.78 is 4.73. The van der Waals surface area contributed by atoms with Gasteiger partial charge in [0.1, 0.15) is 5.78 Å². The van der Waals surface area contributed by atoms with Gasteiger partial charge in [-0.2, -0.15) is 0 Å². The van der Waals surface area contributed by atoms with Crippen LogP contribution in [-0.4, -0.2) is 25.0 Å². The first kappa shape index (κ1) is 24.2. The van der Waals surface area contributed by atoms with Crippen molar-refractivity contribution in [1.29, 1.82) is 0 Å². The van der Waals surface area contributed by atoms with E-state index in [0.717, 1.165) is 0 Å². The van der Waals surface area contributed by atoms with Crippen molar-refractivity contribution in [2.24, 2.45) is 0 Å². The fraction of sp³-hybridized carbons (Fsp3) is 0.778. The van der Waals surface area contributed by atoms with Gasteiger partial charge in [0.25, 0.3) is 0 Å². The van der Waals surface area contributed by atoms with Gasteiger partial charge < -0.3 is 14.6 Å². The standard InChI is InChI=1S/C7H12O4.2CH4.Rb/c1-5(8)3-6(11-2)4-7(9)10;;;/h6H,3-4H2,1-2H3,(H,9,10);2*1H4;/q;;;+1/p-1. The van der Waals surface area contributed by atoms with Crippen LogP contribution in [0.2, 0.25) is 0 Å². The second-order valence-electron chi connectivity index (χ2n) is 2.34. The van der Waals surface area contributed by atoms with Crippen LogP contribution in [0.5, 0.6) is 0 Å². The van der Waals surface area contributed by atoms with Gasteiger partial charge in [-0.25, -0.2) is 0 Å². The van der Waals surface area contributed by atoms with Crippen LogP contribution in [0.3, 0.4) is 0 Å². The van der Waals surface area contributed by atoms with E-state index in [0.29, 0.717) is 0 Å². The zero-order valence-corrected chi connectivity index (χ0v) is 12.5. The number of ketones is 1. The van der Waals surface area contributed by atoms with Crippen molar-refractivity contribution in [2.75, 3.05) is 7.11 Å². The van der Waals surface area contributed by atoms with Crippen LogP contribution in [-0.2, 0) is 14.3 Å². The molecular weight excluding hydrogens is 258 g/mol. The Kier molecular flexibility index (Phi) is 24.1. The van der Waals surface area contributed by atoms with Gasteiger partial charge in [0.05, 0.1) is 6.10 Å². The molecule has 0 aromatic heterocycles. The quantitative estimate of drug-likeness (QED) is 0.552. The molecule has 0 amide bonds. The minimum atomic E-state index is -1.20. The number of ether oxygens (including phenoxy) is 1. The van der Waals surface area contributed by atoms with E-state index in [9.17, 15) is 14.7 Å². The number of methoxy groups -OCH3 is 1. The van der Waals surface area contributed by atoms with E-state index in [1.54, 1.807) is 0 Å². The molecule has 0 aromatic rings. The first-order chi connectivity index (χ1) is 5.06. The molecule has 0 aromatic carbocycles. The Bertz CT molecular complexity index is 143. The number of hydrogen-bond donors (Lipinski definition) is 0. The van der Waals surface area contributed by atoms with Crippen molar-refractivity contribution in [3.63, 3.8) is 0 Å². The summed E-state index contributed by atoms with van der Waals surface area (Å²) >= 11 is 0. The molecule has 0 saturated heterocycles. The SMILES string of the molecule is C.C.COC(CC(C)=O)CC(=O)[O-].[Rb+]. The second-order valence-corrected chi connectivity index (χ2v) is 2.34. The predicted molar refractivity (Wildman–Crippen MR) is 49.2 cm³/mol. The van der Waals surface area contributed by atoms with Gasteiger partial charge in [-0.3, -0.25) is 4.79 Å². The Labute approximate surface area is 135 Å². The molecule has 14 heavy (non-hydrogen) atoms. The summed E-state index contributed by atoms with van der Waals surface area (Å²) in [7, 11) is 1.37. The third-order valence-electron chi connectivity index (χ3n) is 1.24. The topological polar surface area (TPSA) is 66.4 Å². The summed E-state index contributed by atoms with van der Waals surface area (Å²) in [5, 5.41) is 10.0. The van der Waals surface area contributed by atoms with Gasteiger partial charge in [0.15, 0.2) is 0 Å². The van der Waals surface area contributed by atoms with Crippen LogP contribution in [0, 0.1) is 0 Å². The van der Waals surface area contributed by atoms with Gasteiger partial charge in [-0.05, 0) is 6.92 Å². The fourth-order valence-corrected chi connectivity index (χ4v) is 0.745. The summed E-state index contributed by atoms with van der Waals surface area (Å²) in [6, 6.07) is 0. The summed E-state index contributed by atoms with van der Waals surface area (Å²) in [6.07, 6.45) is -0.641. The van der Waals surface area contributed by atoms with E-state index in [1.807, 2.05) is 0 Å². The average molecular weight is 277 g/mol. The molecule has 0 spiro atoms. The zero-order valence-electron chi connectivity index (χ0n) is 7.62. The van der Waals surface area contributed by atoms with Crippen LogP contribution in [0.4, 0.5) is 0 Å². The number of Topliss-reactive ketones (excluding diaryl/α,β-unsaturated/α-hetero) is 1. The summed E-state index contributed by atoms with van der Waals surface area (Å²) in [4.78, 5) is 20.5. The average Bonchev–Trinajstić information content (AvgIpc) is 1.84. The third kappa shape index (κ3) is 15.4. The van der Waals surface area contributed by atoms with E-state index in [2.05, 4.69) is 0 Å². The van der Waals surface area contributed by atoms with Gasteiger partial charge in [-0.1, -0.05) is 14.9 Å². The molecule has 1 unspecified atom stereocenters. The molecule has 0 fully saturated rings. The Balaban J connectivity index is -0.000000167. The molecule has 80 valence electrons. The Morgan fingerprint density at radius 3 is 1.93 bits per heavy atom. The zero-order chi connectivity index (χ0) is 8.85. The maximum Gasteiger partial charge on any atom is 1.00 e. The van der Waals surface area contributed by atoms with E-state index >= 15 is 0 Å². The molecule has 1 atom stereocenters. The first-order valence-corrected chi connectivity index (χ1v) is 3.28. The minimum absolute atomic E-state index is 0. The van der Waals surface area contributed by atoms with E-state index in [4.69, 9.17) is 4.74 Å². The van der Waals surface area contributed by atoms with Crippen molar-refractivity contribution in [2.45, 2.75) is 40.7 Å².